The van der Waals surface area contributed by atoms with Crippen molar-refractivity contribution >= 4 is 11.8 Å². The van der Waals surface area contributed by atoms with Crippen molar-refractivity contribution < 1.29 is 9.53 Å². The van der Waals surface area contributed by atoms with E-state index in [2.05, 4.69) is 25.7 Å². The van der Waals surface area contributed by atoms with Gasteiger partial charge >= 0.3 is 6.09 Å². The van der Waals surface area contributed by atoms with Gasteiger partial charge in [0.2, 0.25) is 0 Å². The van der Waals surface area contributed by atoms with Gasteiger partial charge < -0.3 is 15.4 Å². The number of pyridine rings is 1. The zero-order chi connectivity index (χ0) is 16.9. The van der Waals surface area contributed by atoms with Gasteiger partial charge in [0, 0.05) is 18.8 Å². The molecule has 1 amide bonds. The molecule has 1 atom stereocenters. The molecule has 0 bridgehead atoms. The van der Waals surface area contributed by atoms with Gasteiger partial charge in [-0.3, -0.25) is 0 Å². The summed E-state index contributed by atoms with van der Waals surface area (Å²) >= 11 is 0. The number of carbonyl (C=O) groups excluding carboxylic acids is 1. The third-order valence-corrected chi connectivity index (χ3v) is 2.78. The summed E-state index contributed by atoms with van der Waals surface area (Å²) in [6.45, 7) is 7.85. The maximum absolute atomic E-state index is 11.7. The van der Waals surface area contributed by atoms with Gasteiger partial charge in [0.25, 0.3) is 0 Å². The Labute approximate surface area is 135 Å². The predicted octanol–water partition coefficient (Wildman–Crippen LogP) is 1.99. The average molecular weight is 318 g/mol. The fourth-order valence-electron chi connectivity index (χ4n) is 1.88. The van der Waals surface area contributed by atoms with Crippen LogP contribution in [0, 0.1) is 0 Å². The second-order valence-corrected chi connectivity index (χ2v) is 6.14. The summed E-state index contributed by atoms with van der Waals surface area (Å²) in [6.07, 6.45) is 4.28. The Morgan fingerprint density at radius 3 is 2.87 bits per heavy atom. The van der Waals surface area contributed by atoms with Gasteiger partial charge in [-0.2, -0.15) is 5.10 Å². The number of rotatable bonds is 5. The second kappa shape index (κ2) is 7.08. The smallest absolute Gasteiger partial charge is 0.407 e. The summed E-state index contributed by atoms with van der Waals surface area (Å²) < 4.78 is 6.79. The molecule has 0 aromatic carbocycles. The first-order valence-electron chi connectivity index (χ1n) is 7.38. The van der Waals surface area contributed by atoms with Gasteiger partial charge in [0.05, 0.1) is 5.69 Å². The summed E-state index contributed by atoms with van der Waals surface area (Å²) in [4.78, 5) is 19.9. The first-order valence-corrected chi connectivity index (χ1v) is 7.38. The number of amides is 1. The van der Waals surface area contributed by atoms with Crippen LogP contribution in [0.3, 0.4) is 0 Å². The van der Waals surface area contributed by atoms with Crippen LogP contribution in [0.2, 0.25) is 0 Å². The number of alkyl carbamates (subject to hydrolysis) is 1. The van der Waals surface area contributed by atoms with E-state index in [0.717, 1.165) is 5.69 Å². The average Bonchev–Trinajstić information content (AvgIpc) is 2.98. The van der Waals surface area contributed by atoms with E-state index in [4.69, 9.17) is 4.74 Å². The number of ether oxygens (including phenoxy) is 1. The number of carbonyl (C=O) groups is 1. The lowest BCUT2D eigenvalue weighted by Crippen LogP contribution is -2.38. The highest BCUT2D eigenvalue weighted by molar-refractivity contribution is 5.67. The molecule has 0 saturated carbocycles. The maximum atomic E-state index is 11.7. The molecular formula is C15H22N6O2. The minimum absolute atomic E-state index is 0.0195. The largest absolute Gasteiger partial charge is 0.444 e. The van der Waals surface area contributed by atoms with Crippen LogP contribution >= 0.6 is 0 Å². The van der Waals surface area contributed by atoms with E-state index >= 15 is 0 Å². The van der Waals surface area contributed by atoms with E-state index in [-0.39, 0.29) is 6.04 Å². The normalized spacial score (nSPS) is 12.5. The molecular weight excluding hydrogens is 296 g/mol. The van der Waals surface area contributed by atoms with Crippen LogP contribution < -0.4 is 10.6 Å². The monoisotopic (exact) mass is 318 g/mol. The van der Waals surface area contributed by atoms with Crippen molar-refractivity contribution in [2.75, 3.05) is 11.9 Å². The molecule has 23 heavy (non-hydrogen) atoms. The molecule has 1 unspecified atom stereocenters. The van der Waals surface area contributed by atoms with Crippen molar-refractivity contribution in [1.29, 1.82) is 0 Å². The second-order valence-electron chi connectivity index (χ2n) is 6.14. The highest BCUT2D eigenvalue weighted by atomic mass is 16.6. The molecule has 2 heterocycles. The standard InChI is InChI=1S/C15H22N6O2/c1-11(8-18-14(22)23-15(2,3)4)20-12-6-5-7-17-13(12)21-10-16-9-19-21/h5-7,9-11,20H,8H2,1-4H3,(H,18,22). The minimum Gasteiger partial charge on any atom is -0.444 e. The van der Waals surface area contributed by atoms with Crippen molar-refractivity contribution in [2.24, 2.45) is 0 Å². The molecule has 0 saturated heterocycles. The van der Waals surface area contributed by atoms with Crippen molar-refractivity contribution in [3.63, 3.8) is 0 Å². The lowest BCUT2D eigenvalue weighted by Gasteiger charge is -2.21. The van der Waals surface area contributed by atoms with Crippen LogP contribution in [0.5, 0.6) is 0 Å². The van der Waals surface area contributed by atoms with Gasteiger partial charge in [-0.05, 0) is 39.8 Å². The fourth-order valence-corrected chi connectivity index (χ4v) is 1.88. The summed E-state index contributed by atoms with van der Waals surface area (Å²) in [5, 5.41) is 10.1. The molecule has 2 N–H and O–H groups in total. The van der Waals surface area contributed by atoms with Crippen molar-refractivity contribution in [3.8, 4) is 5.82 Å². The topological polar surface area (TPSA) is 94.0 Å². The molecule has 124 valence electrons. The molecule has 0 aliphatic carbocycles. The predicted molar refractivity (Wildman–Crippen MR) is 86.5 cm³/mol. The number of nitrogens with zero attached hydrogens (tertiary/aromatic N) is 4. The molecule has 0 aliphatic heterocycles. The third-order valence-electron chi connectivity index (χ3n) is 2.78. The molecule has 8 nitrogen and oxygen atoms in total. The van der Waals surface area contributed by atoms with Crippen LogP contribution in [0.25, 0.3) is 5.82 Å². The van der Waals surface area contributed by atoms with E-state index in [1.54, 1.807) is 17.2 Å². The van der Waals surface area contributed by atoms with Gasteiger partial charge in [0.1, 0.15) is 18.3 Å². The zero-order valence-corrected chi connectivity index (χ0v) is 13.8. The van der Waals surface area contributed by atoms with Gasteiger partial charge in [-0.1, -0.05) is 0 Å². The summed E-state index contributed by atoms with van der Waals surface area (Å²) in [6, 6.07) is 3.71. The van der Waals surface area contributed by atoms with Crippen molar-refractivity contribution in [1.82, 2.24) is 25.1 Å². The fraction of sp³-hybridized carbons (Fsp3) is 0.467. The Bertz CT molecular complexity index is 636. The van der Waals surface area contributed by atoms with Crippen LogP contribution in [0.4, 0.5) is 10.5 Å². The van der Waals surface area contributed by atoms with Crippen LogP contribution in [-0.4, -0.2) is 44.0 Å². The lowest BCUT2D eigenvalue weighted by molar-refractivity contribution is 0.0526. The summed E-state index contributed by atoms with van der Waals surface area (Å²) in [7, 11) is 0. The number of anilines is 1. The molecule has 2 rings (SSSR count). The van der Waals surface area contributed by atoms with Crippen molar-refractivity contribution in [2.45, 2.75) is 39.3 Å². The molecule has 2 aromatic heterocycles. The molecule has 8 heteroatoms. The third kappa shape index (κ3) is 5.24. The molecule has 2 aromatic rings. The molecule has 0 aliphatic rings. The molecule has 0 radical (unpaired) electrons. The van der Waals surface area contributed by atoms with E-state index in [1.165, 1.54) is 6.33 Å². The maximum Gasteiger partial charge on any atom is 0.407 e. The Morgan fingerprint density at radius 1 is 1.43 bits per heavy atom. The first kappa shape index (κ1) is 16.7. The van der Waals surface area contributed by atoms with E-state index in [0.29, 0.717) is 12.4 Å². The van der Waals surface area contributed by atoms with Gasteiger partial charge in [-0.15, -0.1) is 0 Å². The highest BCUT2D eigenvalue weighted by Gasteiger charge is 2.17. The summed E-state index contributed by atoms with van der Waals surface area (Å²) in [5.74, 6) is 0.647. The highest BCUT2D eigenvalue weighted by Crippen LogP contribution is 2.16. The lowest BCUT2D eigenvalue weighted by atomic mass is 10.2. The Kier molecular flexibility index (Phi) is 5.15. The van der Waals surface area contributed by atoms with Gasteiger partial charge in [-0.25, -0.2) is 19.4 Å². The van der Waals surface area contributed by atoms with E-state index in [9.17, 15) is 4.79 Å². The quantitative estimate of drug-likeness (QED) is 0.875. The zero-order valence-electron chi connectivity index (χ0n) is 13.8. The Morgan fingerprint density at radius 2 is 2.22 bits per heavy atom. The first-order chi connectivity index (χ1) is 10.8. The van der Waals surface area contributed by atoms with Crippen LogP contribution in [0.15, 0.2) is 31.0 Å². The van der Waals surface area contributed by atoms with Crippen LogP contribution in [0.1, 0.15) is 27.7 Å². The van der Waals surface area contributed by atoms with Crippen LogP contribution in [-0.2, 0) is 4.74 Å². The summed E-state index contributed by atoms with van der Waals surface area (Å²) in [5.41, 5.74) is 0.293. The van der Waals surface area contributed by atoms with E-state index in [1.807, 2.05) is 39.8 Å². The van der Waals surface area contributed by atoms with Gasteiger partial charge in [0.15, 0.2) is 5.82 Å². The van der Waals surface area contributed by atoms with Crippen molar-refractivity contribution in [3.05, 3.63) is 31.0 Å². The molecule has 0 fully saturated rings. The number of hydrogen-bond donors (Lipinski definition) is 2. The molecule has 0 spiro atoms. The number of nitrogens with one attached hydrogen (secondary N) is 2. The SMILES string of the molecule is CC(CNC(=O)OC(C)(C)C)Nc1cccnc1-n1cncn1. The Hall–Kier alpha value is -2.64. The minimum atomic E-state index is -0.510. The van der Waals surface area contributed by atoms with E-state index < -0.39 is 11.7 Å². The number of hydrogen-bond acceptors (Lipinski definition) is 6. The number of aromatic nitrogens is 4. The Balaban J connectivity index is 1.94.